The molecular formula is C39H56O8. The Morgan fingerprint density at radius 1 is 0.574 bits per heavy atom. The van der Waals surface area contributed by atoms with Gasteiger partial charge in [0.25, 0.3) is 0 Å². The highest BCUT2D eigenvalue weighted by Crippen LogP contribution is 2.43. The zero-order valence-corrected chi connectivity index (χ0v) is 29.3. The number of benzene rings is 3. The summed E-state index contributed by atoms with van der Waals surface area (Å²) in [5, 5.41) is 3.51. The predicted octanol–water partition coefficient (Wildman–Crippen LogP) is 8.90. The lowest BCUT2D eigenvalue weighted by molar-refractivity contribution is -0.155. The zero-order valence-electron chi connectivity index (χ0n) is 29.3. The average Bonchev–Trinajstić information content (AvgIpc) is 3.07. The fourth-order valence-corrected chi connectivity index (χ4v) is 5.16. The van der Waals surface area contributed by atoms with Crippen molar-refractivity contribution < 1.29 is 38.0 Å². The van der Waals surface area contributed by atoms with Crippen molar-refractivity contribution in [2.24, 2.45) is 0 Å². The summed E-state index contributed by atoms with van der Waals surface area (Å²) in [7, 11) is 0. The van der Waals surface area contributed by atoms with E-state index in [9.17, 15) is 9.59 Å². The number of aryl methyl sites for hydroxylation is 1. The van der Waals surface area contributed by atoms with Crippen LogP contribution < -0.4 is 9.47 Å². The van der Waals surface area contributed by atoms with Gasteiger partial charge in [0.05, 0.1) is 13.2 Å². The summed E-state index contributed by atoms with van der Waals surface area (Å²) in [5.41, 5.74) is 1.07. The third kappa shape index (κ3) is 12.6. The van der Waals surface area contributed by atoms with E-state index < -0.39 is 12.2 Å². The highest BCUT2D eigenvalue weighted by atomic mass is 16.6. The van der Waals surface area contributed by atoms with Gasteiger partial charge in [0.1, 0.15) is 24.7 Å². The van der Waals surface area contributed by atoms with E-state index >= 15 is 0 Å². The number of carbonyl (C=O) groups excluding carboxylic acids is 2. The molecule has 0 amide bonds. The smallest absolute Gasteiger partial charge is 0.306 e. The van der Waals surface area contributed by atoms with Crippen molar-refractivity contribution in [3.63, 3.8) is 0 Å². The SMILES string of the molecule is CCCCOCC(COc1c2ccccc2c(OCC(COCCCC)OC(=O)CCCC)c2cc(C)ccc12)OC(=O)CCCC. The maximum Gasteiger partial charge on any atom is 0.306 e. The van der Waals surface area contributed by atoms with Gasteiger partial charge < -0.3 is 28.4 Å². The molecule has 0 aliphatic rings. The van der Waals surface area contributed by atoms with Crippen molar-refractivity contribution in [2.45, 2.75) is 111 Å². The van der Waals surface area contributed by atoms with Crippen LogP contribution in [0.1, 0.15) is 97.5 Å². The lowest BCUT2D eigenvalue weighted by Crippen LogP contribution is -2.30. The molecule has 8 nitrogen and oxygen atoms in total. The molecule has 0 aliphatic carbocycles. The van der Waals surface area contributed by atoms with E-state index in [1.807, 2.05) is 43.3 Å². The molecule has 0 spiro atoms. The molecule has 0 radical (unpaired) electrons. The molecule has 0 heterocycles. The standard InChI is InChI=1S/C39H56O8/c1-6-10-18-36(40)46-30(25-42-22-12-8-3)27-44-38-32-16-14-15-17-33(32)39(35-24-29(5)20-21-34(35)38)45-28-31(26-43-23-13-9-4)47-37(41)19-11-7-2/h14-17,20-21,24,30-31H,6-13,18-19,22-23,25-28H2,1-5H3. The van der Waals surface area contributed by atoms with E-state index in [0.717, 1.165) is 78.5 Å². The first-order valence-corrected chi connectivity index (χ1v) is 17.7. The molecule has 2 unspecified atom stereocenters. The van der Waals surface area contributed by atoms with Gasteiger partial charge in [-0.1, -0.05) is 95.3 Å². The van der Waals surface area contributed by atoms with Crippen LogP contribution in [0.3, 0.4) is 0 Å². The van der Waals surface area contributed by atoms with E-state index in [2.05, 4.69) is 33.8 Å². The van der Waals surface area contributed by atoms with E-state index in [4.69, 9.17) is 28.4 Å². The Hall–Kier alpha value is -3.36. The van der Waals surface area contributed by atoms with Gasteiger partial charge in [-0.3, -0.25) is 9.59 Å². The number of fused-ring (bicyclic) bond motifs is 2. The van der Waals surface area contributed by atoms with Gasteiger partial charge in [-0.15, -0.1) is 0 Å². The second-order valence-corrected chi connectivity index (χ2v) is 12.2. The highest BCUT2D eigenvalue weighted by molar-refractivity contribution is 6.11. The van der Waals surface area contributed by atoms with E-state index in [-0.39, 0.29) is 38.4 Å². The maximum absolute atomic E-state index is 12.6. The quantitative estimate of drug-likeness (QED) is 0.0539. The Bertz CT molecular complexity index is 1370. The fraction of sp³-hybridized carbons (Fsp3) is 0.590. The summed E-state index contributed by atoms with van der Waals surface area (Å²) in [4.78, 5) is 25.2. The van der Waals surface area contributed by atoms with Crippen molar-refractivity contribution in [1.82, 2.24) is 0 Å². The Kier molecular flexibility index (Phi) is 17.4. The monoisotopic (exact) mass is 652 g/mol. The van der Waals surface area contributed by atoms with Crippen molar-refractivity contribution in [3.8, 4) is 11.5 Å². The molecule has 0 bridgehead atoms. The van der Waals surface area contributed by atoms with Crippen molar-refractivity contribution in [1.29, 1.82) is 0 Å². The van der Waals surface area contributed by atoms with Gasteiger partial charge in [-0.25, -0.2) is 0 Å². The van der Waals surface area contributed by atoms with Gasteiger partial charge >= 0.3 is 11.9 Å². The third-order valence-electron chi connectivity index (χ3n) is 7.86. The van der Waals surface area contributed by atoms with Crippen molar-refractivity contribution in [3.05, 3.63) is 48.0 Å². The third-order valence-corrected chi connectivity index (χ3v) is 7.86. The van der Waals surface area contributed by atoms with E-state index in [1.54, 1.807) is 0 Å². The average molecular weight is 653 g/mol. The number of carbonyl (C=O) groups is 2. The summed E-state index contributed by atoms with van der Waals surface area (Å²) in [6, 6.07) is 14.1. The summed E-state index contributed by atoms with van der Waals surface area (Å²) in [5.74, 6) is 0.909. The predicted molar refractivity (Wildman–Crippen MR) is 187 cm³/mol. The highest BCUT2D eigenvalue weighted by Gasteiger charge is 2.22. The van der Waals surface area contributed by atoms with Crippen LogP contribution in [0.15, 0.2) is 42.5 Å². The summed E-state index contributed by atoms with van der Waals surface area (Å²) >= 11 is 0. The first-order valence-electron chi connectivity index (χ1n) is 17.7. The molecule has 3 rings (SSSR count). The minimum absolute atomic E-state index is 0.155. The minimum Gasteiger partial charge on any atom is -0.488 e. The number of rotatable bonds is 24. The maximum atomic E-state index is 12.6. The van der Waals surface area contributed by atoms with Crippen LogP contribution in [0.4, 0.5) is 0 Å². The van der Waals surface area contributed by atoms with Gasteiger partial charge in [-0.05, 0) is 38.7 Å². The summed E-state index contributed by atoms with van der Waals surface area (Å²) in [6.07, 6.45) is 7.00. The normalized spacial score (nSPS) is 12.6. The molecule has 47 heavy (non-hydrogen) atoms. The summed E-state index contributed by atoms with van der Waals surface area (Å²) < 4.78 is 36.5. The Balaban J connectivity index is 1.92. The molecule has 0 fully saturated rings. The Morgan fingerprint density at radius 2 is 1.02 bits per heavy atom. The second kappa shape index (κ2) is 21.5. The van der Waals surface area contributed by atoms with Crippen LogP contribution in [0.2, 0.25) is 0 Å². The fourth-order valence-electron chi connectivity index (χ4n) is 5.16. The lowest BCUT2D eigenvalue weighted by atomic mass is 9.99. The first kappa shape index (κ1) is 38.1. The summed E-state index contributed by atoms with van der Waals surface area (Å²) in [6.45, 7) is 12.4. The minimum atomic E-state index is -0.540. The number of unbranched alkanes of at least 4 members (excludes halogenated alkanes) is 4. The molecule has 260 valence electrons. The molecule has 0 aliphatic heterocycles. The van der Waals surface area contributed by atoms with Crippen LogP contribution in [0.25, 0.3) is 21.5 Å². The number of hydrogen-bond donors (Lipinski definition) is 0. The van der Waals surface area contributed by atoms with Crippen LogP contribution in [-0.2, 0) is 28.5 Å². The second-order valence-electron chi connectivity index (χ2n) is 12.2. The van der Waals surface area contributed by atoms with E-state index in [0.29, 0.717) is 37.6 Å². The van der Waals surface area contributed by atoms with Crippen molar-refractivity contribution >= 4 is 33.5 Å². The topological polar surface area (TPSA) is 89.5 Å². The van der Waals surface area contributed by atoms with Crippen LogP contribution >= 0.6 is 0 Å². The Morgan fingerprint density at radius 3 is 1.49 bits per heavy atom. The van der Waals surface area contributed by atoms with Gasteiger partial charge in [0.2, 0.25) is 0 Å². The molecule has 2 atom stereocenters. The molecule has 0 N–H and O–H groups in total. The van der Waals surface area contributed by atoms with Crippen LogP contribution in [0, 0.1) is 6.92 Å². The molecule has 3 aromatic carbocycles. The van der Waals surface area contributed by atoms with Gasteiger partial charge in [-0.2, -0.15) is 0 Å². The largest absolute Gasteiger partial charge is 0.488 e. The van der Waals surface area contributed by atoms with Crippen LogP contribution in [0.5, 0.6) is 11.5 Å². The Labute approximate surface area is 281 Å². The molecule has 8 heteroatoms. The van der Waals surface area contributed by atoms with Crippen LogP contribution in [-0.4, -0.2) is 63.8 Å². The zero-order chi connectivity index (χ0) is 33.9. The number of hydrogen-bond acceptors (Lipinski definition) is 8. The molecular weight excluding hydrogens is 596 g/mol. The molecule has 3 aromatic rings. The molecule has 0 saturated carbocycles. The van der Waals surface area contributed by atoms with Gasteiger partial charge in [0.15, 0.2) is 12.2 Å². The van der Waals surface area contributed by atoms with Gasteiger partial charge in [0, 0.05) is 47.6 Å². The molecule has 0 saturated heterocycles. The first-order chi connectivity index (χ1) is 22.9. The van der Waals surface area contributed by atoms with Crippen molar-refractivity contribution in [2.75, 3.05) is 39.6 Å². The molecule has 0 aromatic heterocycles. The van der Waals surface area contributed by atoms with E-state index in [1.165, 1.54) is 0 Å². The number of ether oxygens (including phenoxy) is 6. The lowest BCUT2D eigenvalue weighted by Gasteiger charge is -2.23. The number of esters is 2.